The highest BCUT2D eigenvalue weighted by Crippen LogP contribution is 2.26. The van der Waals surface area contributed by atoms with Crippen LogP contribution in [-0.2, 0) is 17.8 Å². The molecule has 0 spiro atoms. The molecular formula is C21H24N2O3. The lowest BCUT2D eigenvalue weighted by Gasteiger charge is -2.10. The van der Waals surface area contributed by atoms with Crippen LogP contribution in [0.15, 0.2) is 54.7 Å². The van der Waals surface area contributed by atoms with Crippen molar-refractivity contribution in [3.8, 4) is 11.5 Å². The molecule has 0 atom stereocenters. The maximum absolute atomic E-state index is 12.1. The first-order valence-electron chi connectivity index (χ1n) is 8.73. The minimum atomic E-state index is 0.0462. The second-order valence-electron chi connectivity index (χ2n) is 6.06. The van der Waals surface area contributed by atoms with Crippen LogP contribution in [0.5, 0.6) is 11.5 Å². The molecule has 0 unspecified atom stereocenters. The van der Waals surface area contributed by atoms with Crippen molar-refractivity contribution in [3.05, 3.63) is 60.3 Å². The number of methoxy groups -OCH3 is 2. The molecule has 0 fully saturated rings. The van der Waals surface area contributed by atoms with Crippen LogP contribution in [0.3, 0.4) is 0 Å². The molecule has 1 aromatic heterocycles. The van der Waals surface area contributed by atoms with E-state index in [0.717, 1.165) is 34.5 Å². The summed E-state index contributed by atoms with van der Waals surface area (Å²) >= 11 is 0. The van der Waals surface area contributed by atoms with Gasteiger partial charge >= 0.3 is 0 Å². The first kappa shape index (κ1) is 17.9. The molecule has 136 valence electrons. The average molecular weight is 352 g/mol. The van der Waals surface area contributed by atoms with Gasteiger partial charge in [0.1, 0.15) is 11.5 Å². The van der Waals surface area contributed by atoms with Crippen LogP contribution in [0.4, 0.5) is 0 Å². The summed E-state index contributed by atoms with van der Waals surface area (Å²) in [5, 5.41) is 4.07. The van der Waals surface area contributed by atoms with E-state index in [0.29, 0.717) is 19.4 Å². The fraction of sp³-hybridized carbons (Fsp3) is 0.286. The third-order valence-corrected chi connectivity index (χ3v) is 4.48. The Morgan fingerprint density at radius 3 is 2.58 bits per heavy atom. The van der Waals surface area contributed by atoms with Crippen molar-refractivity contribution in [2.24, 2.45) is 0 Å². The third kappa shape index (κ3) is 3.99. The van der Waals surface area contributed by atoms with Gasteiger partial charge in [0.15, 0.2) is 0 Å². The Balaban J connectivity index is 1.51. The van der Waals surface area contributed by atoms with Gasteiger partial charge in [0.05, 0.1) is 19.7 Å². The number of aryl methyl sites for hydroxylation is 1. The predicted molar refractivity (Wildman–Crippen MR) is 103 cm³/mol. The number of nitrogens with one attached hydrogen (secondary N) is 1. The van der Waals surface area contributed by atoms with Gasteiger partial charge in [0.25, 0.3) is 0 Å². The second-order valence-corrected chi connectivity index (χ2v) is 6.06. The Bertz CT molecular complexity index is 886. The monoisotopic (exact) mass is 352 g/mol. The van der Waals surface area contributed by atoms with Crippen molar-refractivity contribution in [1.82, 2.24) is 9.88 Å². The molecule has 0 saturated heterocycles. The van der Waals surface area contributed by atoms with Gasteiger partial charge in [0, 0.05) is 31.1 Å². The van der Waals surface area contributed by atoms with Gasteiger partial charge in [-0.1, -0.05) is 24.3 Å². The topological polar surface area (TPSA) is 52.5 Å². The third-order valence-electron chi connectivity index (χ3n) is 4.48. The van der Waals surface area contributed by atoms with E-state index in [4.69, 9.17) is 9.47 Å². The molecule has 1 N–H and O–H groups in total. The van der Waals surface area contributed by atoms with E-state index in [1.54, 1.807) is 14.2 Å². The number of para-hydroxylation sites is 1. The van der Waals surface area contributed by atoms with Crippen LogP contribution in [0, 0.1) is 0 Å². The van der Waals surface area contributed by atoms with Crippen molar-refractivity contribution in [2.45, 2.75) is 19.4 Å². The molecule has 0 aliphatic rings. The number of rotatable bonds is 8. The summed E-state index contributed by atoms with van der Waals surface area (Å²) in [6.07, 6.45) is 3.13. The van der Waals surface area contributed by atoms with E-state index in [1.165, 1.54) is 0 Å². The van der Waals surface area contributed by atoms with Crippen molar-refractivity contribution < 1.29 is 14.3 Å². The molecule has 0 radical (unpaired) electrons. The smallest absolute Gasteiger partial charge is 0.220 e. The Morgan fingerprint density at radius 2 is 1.77 bits per heavy atom. The molecule has 26 heavy (non-hydrogen) atoms. The molecule has 0 bridgehead atoms. The van der Waals surface area contributed by atoms with Gasteiger partial charge in [-0.25, -0.2) is 0 Å². The van der Waals surface area contributed by atoms with Gasteiger partial charge in [-0.15, -0.1) is 0 Å². The fourth-order valence-electron chi connectivity index (χ4n) is 3.13. The molecule has 3 rings (SSSR count). The van der Waals surface area contributed by atoms with Crippen LogP contribution in [0.2, 0.25) is 0 Å². The highest BCUT2D eigenvalue weighted by atomic mass is 16.5. The number of nitrogens with zero attached hydrogens (tertiary/aromatic N) is 1. The number of hydrogen-bond acceptors (Lipinski definition) is 3. The summed E-state index contributed by atoms with van der Waals surface area (Å²) in [5.41, 5.74) is 2.15. The summed E-state index contributed by atoms with van der Waals surface area (Å²) in [4.78, 5) is 12.1. The van der Waals surface area contributed by atoms with E-state index in [2.05, 4.69) is 16.0 Å². The maximum Gasteiger partial charge on any atom is 0.220 e. The minimum absolute atomic E-state index is 0.0462. The van der Waals surface area contributed by atoms with Gasteiger partial charge in [-0.05, 0) is 36.2 Å². The zero-order chi connectivity index (χ0) is 18.4. The fourth-order valence-corrected chi connectivity index (χ4v) is 3.13. The lowest BCUT2D eigenvalue weighted by Crippen LogP contribution is -2.27. The largest absolute Gasteiger partial charge is 0.496 e. The summed E-state index contributed by atoms with van der Waals surface area (Å²) in [7, 11) is 3.32. The number of ether oxygens (including phenoxy) is 2. The lowest BCUT2D eigenvalue weighted by molar-refractivity contribution is -0.121. The van der Waals surface area contributed by atoms with Crippen LogP contribution in [0.1, 0.15) is 12.0 Å². The van der Waals surface area contributed by atoms with E-state index < -0.39 is 0 Å². The standard InChI is InChI=1S/C21H24N2O3/c1-25-19-8-4-3-6-16(19)10-11-21(24)22-13-15-23-14-12-17-18(23)7-5-9-20(17)26-2/h3-9,12,14H,10-11,13,15H2,1-2H3,(H,22,24). The number of fused-ring (bicyclic) bond motifs is 1. The molecule has 0 saturated carbocycles. The Labute approximate surface area is 153 Å². The predicted octanol–water partition coefficient (Wildman–Crippen LogP) is 3.41. The second kappa shape index (κ2) is 8.43. The molecule has 5 heteroatoms. The average Bonchev–Trinajstić information content (AvgIpc) is 3.10. The van der Waals surface area contributed by atoms with Crippen molar-refractivity contribution in [1.29, 1.82) is 0 Å². The molecular weight excluding hydrogens is 328 g/mol. The summed E-state index contributed by atoms with van der Waals surface area (Å²) in [5.74, 6) is 1.74. The number of aromatic nitrogens is 1. The Kier molecular flexibility index (Phi) is 5.79. The molecule has 0 aliphatic carbocycles. The van der Waals surface area contributed by atoms with Crippen molar-refractivity contribution in [2.75, 3.05) is 20.8 Å². The number of carbonyl (C=O) groups excluding carboxylic acids is 1. The lowest BCUT2D eigenvalue weighted by atomic mass is 10.1. The minimum Gasteiger partial charge on any atom is -0.496 e. The molecule has 1 amide bonds. The maximum atomic E-state index is 12.1. The Hall–Kier alpha value is -2.95. The molecule has 3 aromatic rings. The van der Waals surface area contributed by atoms with Crippen molar-refractivity contribution >= 4 is 16.8 Å². The van der Waals surface area contributed by atoms with E-state index >= 15 is 0 Å². The SMILES string of the molecule is COc1ccccc1CCC(=O)NCCn1ccc2c(OC)cccc21. The van der Waals surface area contributed by atoms with Crippen LogP contribution in [0.25, 0.3) is 10.9 Å². The van der Waals surface area contributed by atoms with Crippen LogP contribution >= 0.6 is 0 Å². The highest BCUT2D eigenvalue weighted by molar-refractivity contribution is 5.86. The summed E-state index contributed by atoms with van der Waals surface area (Å²) in [6, 6.07) is 15.8. The van der Waals surface area contributed by atoms with E-state index in [1.807, 2.05) is 48.7 Å². The van der Waals surface area contributed by atoms with Gasteiger partial charge in [-0.3, -0.25) is 4.79 Å². The number of amides is 1. The molecule has 1 heterocycles. The van der Waals surface area contributed by atoms with E-state index in [9.17, 15) is 4.79 Å². The first-order valence-corrected chi connectivity index (χ1v) is 8.73. The normalized spacial score (nSPS) is 10.7. The zero-order valence-corrected chi connectivity index (χ0v) is 15.2. The molecule has 5 nitrogen and oxygen atoms in total. The summed E-state index contributed by atoms with van der Waals surface area (Å²) < 4.78 is 12.8. The van der Waals surface area contributed by atoms with Gasteiger partial charge in [-0.2, -0.15) is 0 Å². The number of carbonyl (C=O) groups is 1. The Morgan fingerprint density at radius 1 is 1.00 bits per heavy atom. The summed E-state index contributed by atoms with van der Waals surface area (Å²) in [6.45, 7) is 1.31. The van der Waals surface area contributed by atoms with Gasteiger partial charge in [0.2, 0.25) is 5.91 Å². The molecule has 2 aromatic carbocycles. The van der Waals surface area contributed by atoms with Crippen LogP contribution < -0.4 is 14.8 Å². The van der Waals surface area contributed by atoms with E-state index in [-0.39, 0.29) is 5.91 Å². The van der Waals surface area contributed by atoms with Crippen LogP contribution in [-0.4, -0.2) is 31.2 Å². The van der Waals surface area contributed by atoms with Gasteiger partial charge < -0.3 is 19.4 Å². The van der Waals surface area contributed by atoms with Crippen molar-refractivity contribution in [3.63, 3.8) is 0 Å². The molecule has 0 aliphatic heterocycles. The number of hydrogen-bond donors (Lipinski definition) is 1. The quantitative estimate of drug-likeness (QED) is 0.676. The highest BCUT2D eigenvalue weighted by Gasteiger charge is 2.08. The first-order chi connectivity index (χ1) is 12.7. The number of benzene rings is 2. The zero-order valence-electron chi connectivity index (χ0n) is 15.2.